The molecular weight excluding hydrogens is 164 g/mol. The van der Waals surface area contributed by atoms with Crippen LogP contribution in [0.2, 0.25) is 0 Å². The molecule has 2 unspecified atom stereocenters. The third kappa shape index (κ3) is 0.903. The Bertz CT molecular complexity index is 305. The van der Waals surface area contributed by atoms with Crippen molar-refractivity contribution in [3.63, 3.8) is 0 Å². The topological polar surface area (TPSA) is 18.5 Å². The average molecular weight is 178 g/mol. The fraction of sp³-hybridized carbons (Fsp3) is 0.636. The van der Waals surface area contributed by atoms with Gasteiger partial charge in [-0.2, -0.15) is 0 Å². The molecule has 3 aliphatic rings. The summed E-state index contributed by atoms with van der Waals surface area (Å²) < 4.78 is 11.7. The molecule has 1 saturated carbocycles. The van der Waals surface area contributed by atoms with Crippen molar-refractivity contribution in [2.24, 2.45) is 0 Å². The summed E-state index contributed by atoms with van der Waals surface area (Å²) in [6.07, 6.45) is 8.56. The summed E-state index contributed by atoms with van der Waals surface area (Å²) in [5, 5.41) is 0. The van der Waals surface area contributed by atoms with Crippen LogP contribution in [0.5, 0.6) is 0 Å². The smallest absolute Gasteiger partial charge is 0.123 e. The summed E-state index contributed by atoms with van der Waals surface area (Å²) in [6.45, 7) is 3.78. The lowest BCUT2D eigenvalue weighted by atomic mass is 10.0. The third-order valence-electron chi connectivity index (χ3n) is 3.20. The molecule has 2 nitrogen and oxygen atoms in total. The number of allylic oxidation sites excluding steroid dienone is 2. The molecule has 13 heavy (non-hydrogen) atoms. The highest BCUT2D eigenvalue weighted by atomic mass is 16.6. The molecule has 0 aromatic rings. The summed E-state index contributed by atoms with van der Waals surface area (Å²) in [4.78, 5) is 0. The molecule has 2 aliphatic carbocycles. The molecule has 1 heterocycles. The Hall–Kier alpha value is -0.600. The fourth-order valence-corrected chi connectivity index (χ4v) is 2.40. The molecule has 0 radical (unpaired) electrons. The second kappa shape index (κ2) is 2.25. The minimum absolute atomic E-state index is 0.0942. The Morgan fingerprint density at radius 3 is 2.85 bits per heavy atom. The highest BCUT2D eigenvalue weighted by Crippen LogP contribution is 2.59. The molecule has 0 aromatic heterocycles. The van der Waals surface area contributed by atoms with Gasteiger partial charge in [-0.3, -0.25) is 0 Å². The summed E-state index contributed by atoms with van der Waals surface area (Å²) in [5.41, 5.74) is 1.10. The molecule has 0 bridgehead atoms. The number of ether oxygens (including phenoxy) is 2. The standard InChI is InChI=1S/C11H14O2/c1-9-3-4-10-8-11(10,7-9)13-6-2-5-12-10/h3-4,7H,2,5-6,8H2,1H3. The first-order valence-electron chi connectivity index (χ1n) is 4.93. The van der Waals surface area contributed by atoms with Crippen molar-refractivity contribution in [1.82, 2.24) is 0 Å². The highest BCUT2D eigenvalue weighted by molar-refractivity contribution is 5.46. The molecule has 0 amide bonds. The van der Waals surface area contributed by atoms with E-state index in [1.165, 1.54) is 5.57 Å². The molecule has 2 heteroatoms. The first kappa shape index (κ1) is 7.77. The van der Waals surface area contributed by atoms with Gasteiger partial charge in [-0.05, 0) is 25.5 Å². The van der Waals surface area contributed by atoms with Crippen molar-refractivity contribution in [3.05, 3.63) is 23.8 Å². The Morgan fingerprint density at radius 1 is 1.23 bits per heavy atom. The zero-order chi connectivity index (χ0) is 8.94. The second-order valence-electron chi connectivity index (χ2n) is 4.23. The minimum atomic E-state index is -0.0949. The van der Waals surface area contributed by atoms with Gasteiger partial charge in [0.2, 0.25) is 0 Å². The van der Waals surface area contributed by atoms with E-state index in [9.17, 15) is 0 Å². The molecule has 3 rings (SSSR count). The van der Waals surface area contributed by atoms with E-state index in [0.29, 0.717) is 0 Å². The van der Waals surface area contributed by atoms with E-state index in [0.717, 1.165) is 26.1 Å². The molecule has 70 valence electrons. The summed E-state index contributed by atoms with van der Waals surface area (Å²) in [7, 11) is 0. The first-order valence-corrected chi connectivity index (χ1v) is 4.93. The predicted molar refractivity (Wildman–Crippen MR) is 49.5 cm³/mol. The van der Waals surface area contributed by atoms with Gasteiger partial charge < -0.3 is 9.47 Å². The number of rotatable bonds is 0. The van der Waals surface area contributed by atoms with Crippen LogP contribution in [0.25, 0.3) is 0 Å². The fourth-order valence-electron chi connectivity index (χ4n) is 2.40. The van der Waals surface area contributed by atoms with E-state index in [2.05, 4.69) is 25.2 Å². The van der Waals surface area contributed by atoms with Gasteiger partial charge in [0.15, 0.2) is 0 Å². The summed E-state index contributed by atoms with van der Waals surface area (Å²) in [6, 6.07) is 0. The van der Waals surface area contributed by atoms with Crippen LogP contribution in [0.4, 0.5) is 0 Å². The largest absolute Gasteiger partial charge is 0.367 e. The van der Waals surface area contributed by atoms with Crippen LogP contribution < -0.4 is 0 Å². The lowest BCUT2D eigenvalue weighted by molar-refractivity contribution is 0.0134. The van der Waals surface area contributed by atoms with Crippen LogP contribution >= 0.6 is 0 Å². The molecule has 0 N–H and O–H groups in total. The SMILES string of the molecule is CC1=CC23CC2(C=C1)OCCCO3. The van der Waals surface area contributed by atoms with E-state index in [-0.39, 0.29) is 11.2 Å². The van der Waals surface area contributed by atoms with Crippen molar-refractivity contribution in [3.8, 4) is 0 Å². The second-order valence-corrected chi connectivity index (χ2v) is 4.23. The van der Waals surface area contributed by atoms with Crippen LogP contribution in [0, 0.1) is 0 Å². The van der Waals surface area contributed by atoms with Crippen molar-refractivity contribution >= 4 is 0 Å². The van der Waals surface area contributed by atoms with Crippen LogP contribution in [0.3, 0.4) is 0 Å². The molecule has 1 aliphatic heterocycles. The maximum absolute atomic E-state index is 5.88. The van der Waals surface area contributed by atoms with Crippen LogP contribution in [0.15, 0.2) is 23.8 Å². The van der Waals surface area contributed by atoms with Crippen LogP contribution in [-0.4, -0.2) is 24.4 Å². The number of hydrogen-bond acceptors (Lipinski definition) is 2. The van der Waals surface area contributed by atoms with Crippen LogP contribution in [-0.2, 0) is 9.47 Å². The molecular formula is C11H14O2. The quantitative estimate of drug-likeness (QED) is 0.563. The lowest BCUT2D eigenvalue weighted by Gasteiger charge is -2.21. The monoisotopic (exact) mass is 178 g/mol. The molecule has 2 fully saturated rings. The van der Waals surface area contributed by atoms with E-state index in [1.54, 1.807) is 0 Å². The van der Waals surface area contributed by atoms with E-state index in [1.807, 2.05) is 0 Å². The van der Waals surface area contributed by atoms with E-state index in [4.69, 9.17) is 9.47 Å². The van der Waals surface area contributed by atoms with Crippen molar-refractivity contribution < 1.29 is 9.47 Å². The van der Waals surface area contributed by atoms with Crippen molar-refractivity contribution in [1.29, 1.82) is 0 Å². The average Bonchev–Trinajstić information content (AvgIpc) is 2.73. The molecule has 2 atom stereocenters. The molecule has 0 aromatic carbocycles. The third-order valence-corrected chi connectivity index (χ3v) is 3.20. The van der Waals surface area contributed by atoms with Crippen LogP contribution in [0.1, 0.15) is 19.8 Å². The first-order chi connectivity index (χ1) is 6.27. The van der Waals surface area contributed by atoms with Gasteiger partial charge in [-0.15, -0.1) is 0 Å². The Kier molecular flexibility index (Phi) is 1.35. The normalized spacial score (nSPS) is 47.3. The van der Waals surface area contributed by atoms with Crippen molar-refractivity contribution in [2.75, 3.05) is 13.2 Å². The maximum atomic E-state index is 5.88. The highest BCUT2D eigenvalue weighted by Gasteiger charge is 2.69. The molecule has 1 saturated heterocycles. The van der Waals surface area contributed by atoms with Gasteiger partial charge in [-0.25, -0.2) is 0 Å². The number of hydrogen-bond donors (Lipinski definition) is 0. The van der Waals surface area contributed by atoms with Gasteiger partial charge in [0.1, 0.15) is 11.2 Å². The molecule has 0 spiro atoms. The zero-order valence-corrected chi connectivity index (χ0v) is 7.88. The van der Waals surface area contributed by atoms with Gasteiger partial charge in [0.05, 0.1) is 13.2 Å². The summed E-state index contributed by atoms with van der Waals surface area (Å²) >= 11 is 0. The van der Waals surface area contributed by atoms with Gasteiger partial charge in [-0.1, -0.05) is 11.6 Å². The van der Waals surface area contributed by atoms with Crippen molar-refractivity contribution in [2.45, 2.75) is 31.0 Å². The van der Waals surface area contributed by atoms with Gasteiger partial charge in [0.25, 0.3) is 0 Å². The van der Waals surface area contributed by atoms with Gasteiger partial charge in [0, 0.05) is 6.42 Å². The van der Waals surface area contributed by atoms with E-state index >= 15 is 0 Å². The lowest BCUT2D eigenvalue weighted by Crippen LogP contribution is -2.28. The van der Waals surface area contributed by atoms with Gasteiger partial charge >= 0.3 is 0 Å². The predicted octanol–water partition coefficient (Wildman–Crippen LogP) is 1.82. The maximum Gasteiger partial charge on any atom is 0.123 e. The zero-order valence-electron chi connectivity index (χ0n) is 7.88. The Balaban J connectivity index is 1.99. The Labute approximate surface area is 78.2 Å². The Morgan fingerprint density at radius 2 is 2.00 bits per heavy atom. The van der Waals surface area contributed by atoms with E-state index < -0.39 is 0 Å². The summed E-state index contributed by atoms with van der Waals surface area (Å²) in [5.74, 6) is 0. The minimum Gasteiger partial charge on any atom is -0.367 e.